The minimum Gasteiger partial charge on any atom is -0.391 e. The van der Waals surface area contributed by atoms with Crippen LogP contribution in [0.1, 0.15) is 6.92 Å². The summed E-state index contributed by atoms with van der Waals surface area (Å²) >= 11 is 0.577. The van der Waals surface area contributed by atoms with Crippen molar-refractivity contribution >= 4 is 18.3 Å². The SMILES string of the molecule is CN/C(C)=C(\C=N)SO. The van der Waals surface area contributed by atoms with Gasteiger partial charge in [-0.1, -0.05) is 0 Å². The molecule has 0 saturated heterocycles. The van der Waals surface area contributed by atoms with Gasteiger partial charge in [0.05, 0.1) is 4.91 Å². The Hall–Kier alpha value is -0.480. The lowest BCUT2D eigenvalue weighted by molar-refractivity contribution is 0.669. The second-order valence-electron chi connectivity index (χ2n) is 1.47. The molecule has 52 valence electrons. The molecule has 0 radical (unpaired) electrons. The first-order valence-corrected chi connectivity index (χ1v) is 3.24. The zero-order chi connectivity index (χ0) is 7.28. The Labute approximate surface area is 58.9 Å². The maximum Gasteiger partial charge on any atom is 0.0712 e. The van der Waals surface area contributed by atoms with Crippen molar-refractivity contribution in [1.29, 1.82) is 5.41 Å². The van der Waals surface area contributed by atoms with Crippen LogP contribution in [0.5, 0.6) is 0 Å². The van der Waals surface area contributed by atoms with Gasteiger partial charge in [0.2, 0.25) is 0 Å². The molecular weight excluding hydrogens is 136 g/mol. The Bertz CT molecular complexity index is 133. The van der Waals surface area contributed by atoms with Crippen molar-refractivity contribution in [3.8, 4) is 0 Å². The van der Waals surface area contributed by atoms with E-state index in [0.29, 0.717) is 16.9 Å². The lowest BCUT2D eigenvalue weighted by atomic mass is 10.4. The highest BCUT2D eigenvalue weighted by Crippen LogP contribution is 2.10. The maximum atomic E-state index is 8.50. The standard InChI is InChI=1S/C5H10N2OS/c1-4(7-2)5(3-6)9-8/h3,6-8H,1-2H3/b5-4+,6-3?. The summed E-state index contributed by atoms with van der Waals surface area (Å²) in [5.41, 5.74) is 0.803. The Morgan fingerprint density at radius 1 is 1.78 bits per heavy atom. The van der Waals surface area contributed by atoms with Crippen molar-refractivity contribution in [3.05, 3.63) is 10.6 Å². The maximum absolute atomic E-state index is 8.50. The average molecular weight is 146 g/mol. The molecule has 0 aromatic rings. The van der Waals surface area contributed by atoms with E-state index in [1.807, 2.05) is 0 Å². The van der Waals surface area contributed by atoms with Crippen molar-refractivity contribution in [2.75, 3.05) is 7.05 Å². The number of rotatable bonds is 3. The second-order valence-corrected chi connectivity index (χ2v) is 2.10. The molecule has 0 saturated carbocycles. The summed E-state index contributed by atoms with van der Waals surface area (Å²) in [5, 5.41) is 9.60. The summed E-state index contributed by atoms with van der Waals surface area (Å²) in [6.07, 6.45) is 1.11. The van der Waals surface area contributed by atoms with Crippen LogP contribution < -0.4 is 5.32 Å². The monoisotopic (exact) mass is 146 g/mol. The summed E-state index contributed by atoms with van der Waals surface area (Å²) in [5.74, 6) is 0. The third kappa shape index (κ3) is 2.53. The summed E-state index contributed by atoms with van der Waals surface area (Å²) in [7, 11) is 1.75. The van der Waals surface area contributed by atoms with Gasteiger partial charge in [0.25, 0.3) is 0 Å². The largest absolute Gasteiger partial charge is 0.391 e. The van der Waals surface area contributed by atoms with Crippen LogP contribution in [0.25, 0.3) is 0 Å². The van der Waals surface area contributed by atoms with E-state index in [4.69, 9.17) is 9.96 Å². The topological polar surface area (TPSA) is 56.1 Å². The van der Waals surface area contributed by atoms with E-state index in [0.717, 1.165) is 11.9 Å². The highest BCUT2D eigenvalue weighted by atomic mass is 32.2. The molecule has 0 unspecified atom stereocenters. The quantitative estimate of drug-likeness (QED) is 0.415. The molecule has 0 aromatic carbocycles. The van der Waals surface area contributed by atoms with Crippen molar-refractivity contribution < 1.29 is 4.55 Å². The molecule has 9 heavy (non-hydrogen) atoms. The van der Waals surface area contributed by atoms with Gasteiger partial charge in [-0.25, -0.2) is 0 Å². The number of nitrogens with one attached hydrogen (secondary N) is 2. The normalized spacial score (nSPS) is 12.3. The summed E-state index contributed by atoms with van der Waals surface area (Å²) < 4.78 is 8.50. The minimum absolute atomic E-state index is 0.539. The Balaban J connectivity index is 4.18. The lowest BCUT2D eigenvalue weighted by Gasteiger charge is -2.00. The molecule has 0 aliphatic rings. The van der Waals surface area contributed by atoms with Gasteiger partial charge in [0.1, 0.15) is 0 Å². The van der Waals surface area contributed by atoms with E-state index in [-0.39, 0.29) is 0 Å². The molecule has 0 bridgehead atoms. The fraction of sp³-hybridized carbons (Fsp3) is 0.400. The van der Waals surface area contributed by atoms with Gasteiger partial charge in [0.15, 0.2) is 0 Å². The van der Waals surface area contributed by atoms with Crippen LogP contribution in [0.4, 0.5) is 0 Å². The Morgan fingerprint density at radius 2 is 2.33 bits per heavy atom. The summed E-state index contributed by atoms with van der Waals surface area (Å²) in [4.78, 5) is 0.539. The van der Waals surface area contributed by atoms with Gasteiger partial charge >= 0.3 is 0 Å². The highest BCUT2D eigenvalue weighted by molar-refractivity contribution is 7.98. The number of hydrogen-bond donors (Lipinski definition) is 3. The van der Waals surface area contributed by atoms with Crippen molar-refractivity contribution in [1.82, 2.24) is 5.32 Å². The molecule has 0 heterocycles. The van der Waals surface area contributed by atoms with Crippen molar-refractivity contribution in [2.24, 2.45) is 0 Å². The van der Waals surface area contributed by atoms with Crippen LogP contribution in [0.2, 0.25) is 0 Å². The van der Waals surface area contributed by atoms with E-state index in [1.165, 1.54) is 0 Å². The summed E-state index contributed by atoms with van der Waals surface area (Å²) in [6, 6.07) is 0. The van der Waals surface area contributed by atoms with Crippen LogP contribution in [0, 0.1) is 5.41 Å². The smallest absolute Gasteiger partial charge is 0.0712 e. The zero-order valence-electron chi connectivity index (χ0n) is 5.43. The molecule has 0 aliphatic carbocycles. The van der Waals surface area contributed by atoms with Gasteiger partial charge in [-0.2, -0.15) is 0 Å². The molecular formula is C5H10N2OS. The van der Waals surface area contributed by atoms with Crippen LogP contribution >= 0.6 is 12.0 Å². The first kappa shape index (κ1) is 8.52. The lowest BCUT2D eigenvalue weighted by Crippen LogP contribution is -2.04. The highest BCUT2D eigenvalue weighted by Gasteiger charge is 1.94. The molecule has 4 heteroatoms. The number of allylic oxidation sites excluding steroid dienone is 2. The van der Waals surface area contributed by atoms with Crippen LogP contribution in [-0.4, -0.2) is 17.8 Å². The van der Waals surface area contributed by atoms with E-state index in [2.05, 4.69) is 5.32 Å². The van der Waals surface area contributed by atoms with E-state index >= 15 is 0 Å². The first-order valence-electron chi connectivity index (χ1n) is 2.46. The Morgan fingerprint density at radius 3 is 2.44 bits per heavy atom. The molecule has 0 rings (SSSR count). The van der Waals surface area contributed by atoms with E-state index in [1.54, 1.807) is 14.0 Å². The molecule has 0 aliphatic heterocycles. The molecule has 0 amide bonds. The number of hydrogen-bond acceptors (Lipinski definition) is 4. The predicted molar refractivity (Wildman–Crippen MR) is 40.8 cm³/mol. The predicted octanol–water partition coefficient (Wildman–Crippen LogP) is 1.29. The molecule has 3 N–H and O–H groups in total. The molecule has 0 aromatic heterocycles. The Kier molecular flexibility index (Phi) is 4.17. The molecule has 0 atom stereocenters. The fourth-order valence-electron chi connectivity index (χ4n) is 0.326. The second kappa shape index (κ2) is 4.40. The fourth-order valence-corrected chi connectivity index (χ4v) is 0.618. The third-order valence-corrected chi connectivity index (χ3v) is 1.59. The van der Waals surface area contributed by atoms with E-state index in [9.17, 15) is 0 Å². The van der Waals surface area contributed by atoms with Crippen LogP contribution in [0.3, 0.4) is 0 Å². The zero-order valence-corrected chi connectivity index (χ0v) is 6.25. The van der Waals surface area contributed by atoms with Crippen molar-refractivity contribution in [2.45, 2.75) is 6.92 Å². The average Bonchev–Trinajstić information content (AvgIpc) is 1.90. The van der Waals surface area contributed by atoms with E-state index < -0.39 is 0 Å². The molecule has 3 nitrogen and oxygen atoms in total. The van der Waals surface area contributed by atoms with Gasteiger partial charge in [-0.05, 0) is 6.92 Å². The van der Waals surface area contributed by atoms with Gasteiger partial charge in [-0.3, -0.25) is 0 Å². The van der Waals surface area contributed by atoms with Crippen LogP contribution in [0.15, 0.2) is 10.6 Å². The first-order chi connectivity index (χ1) is 4.26. The van der Waals surface area contributed by atoms with Gasteiger partial charge in [-0.15, -0.1) is 0 Å². The molecule has 0 fully saturated rings. The van der Waals surface area contributed by atoms with Crippen molar-refractivity contribution in [3.63, 3.8) is 0 Å². The minimum atomic E-state index is 0.539. The summed E-state index contributed by atoms with van der Waals surface area (Å²) in [6.45, 7) is 1.80. The third-order valence-electron chi connectivity index (χ3n) is 0.974. The van der Waals surface area contributed by atoms with Gasteiger partial charge in [0, 0.05) is 31.0 Å². The van der Waals surface area contributed by atoms with Crippen LogP contribution in [-0.2, 0) is 0 Å². The molecule has 0 spiro atoms. The van der Waals surface area contributed by atoms with Gasteiger partial charge < -0.3 is 15.3 Å².